The standard InChI is InChI=1S/C13H27N3O/c1-3-15-12(17)10-16(2)13(11-14)8-6-4-5-7-9-13/h3-11,14H2,1-2H3,(H,15,17). The molecule has 0 radical (unpaired) electrons. The highest BCUT2D eigenvalue weighted by atomic mass is 16.2. The van der Waals surface area contributed by atoms with Crippen LogP contribution in [0.5, 0.6) is 0 Å². The predicted molar refractivity (Wildman–Crippen MR) is 70.8 cm³/mol. The molecule has 0 unspecified atom stereocenters. The van der Waals surface area contributed by atoms with Gasteiger partial charge in [-0.05, 0) is 26.8 Å². The highest BCUT2D eigenvalue weighted by Gasteiger charge is 2.34. The van der Waals surface area contributed by atoms with Crippen LogP contribution in [0.2, 0.25) is 0 Å². The van der Waals surface area contributed by atoms with Crippen molar-refractivity contribution in [2.75, 3.05) is 26.7 Å². The van der Waals surface area contributed by atoms with Crippen LogP contribution >= 0.6 is 0 Å². The second-order valence-corrected chi connectivity index (χ2v) is 5.15. The summed E-state index contributed by atoms with van der Waals surface area (Å²) < 4.78 is 0. The zero-order valence-electron chi connectivity index (χ0n) is 11.3. The van der Waals surface area contributed by atoms with Crippen molar-refractivity contribution in [3.63, 3.8) is 0 Å². The van der Waals surface area contributed by atoms with Crippen LogP contribution in [0.25, 0.3) is 0 Å². The van der Waals surface area contributed by atoms with E-state index >= 15 is 0 Å². The van der Waals surface area contributed by atoms with E-state index in [1.165, 1.54) is 25.7 Å². The maximum Gasteiger partial charge on any atom is 0.234 e. The number of nitrogens with zero attached hydrogens (tertiary/aromatic N) is 1. The monoisotopic (exact) mass is 241 g/mol. The smallest absolute Gasteiger partial charge is 0.234 e. The number of carbonyl (C=O) groups is 1. The van der Waals surface area contributed by atoms with Crippen LogP contribution < -0.4 is 11.1 Å². The number of hydrogen-bond donors (Lipinski definition) is 2. The molecule has 0 aromatic rings. The van der Waals surface area contributed by atoms with E-state index in [2.05, 4.69) is 10.2 Å². The third-order valence-corrected chi connectivity index (χ3v) is 3.98. The lowest BCUT2D eigenvalue weighted by Gasteiger charge is -2.40. The van der Waals surface area contributed by atoms with Gasteiger partial charge in [0, 0.05) is 18.6 Å². The highest BCUT2D eigenvalue weighted by Crippen LogP contribution is 2.30. The maximum absolute atomic E-state index is 11.6. The minimum absolute atomic E-state index is 0.0432. The van der Waals surface area contributed by atoms with Crippen molar-refractivity contribution in [3.05, 3.63) is 0 Å². The Hall–Kier alpha value is -0.610. The molecule has 1 aliphatic carbocycles. The number of likely N-dealkylation sites (N-methyl/N-ethyl adjacent to an activating group) is 2. The van der Waals surface area contributed by atoms with Crippen molar-refractivity contribution in [1.82, 2.24) is 10.2 Å². The average molecular weight is 241 g/mol. The van der Waals surface area contributed by atoms with E-state index in [-0.39, 0.29) is 11.4 Å². The Morgan fingerprint density at radius 2 is 1.88 bits per heavy atom. The van der Waals surface area contributed by atoms with Gasteiger partial charge in [-0.25, -0.2) is 0 Å². The van der Waals surface area contributed by atoms with Crippen LogP contribution in [0, 0.1) is 0 Å². The number of carbonyl (C=O) groups excluding carboxylic acids is 1. The topological polar surface area (TPSA) is 58.4 Å². The van der Waals surface area contributed by atoms with Crippen molar-refractivity contribution < 1.29 is 4.79 Å². The Kier molecular flexibility index (Phi) is 5.92. The molecule has 4 heteroatoms. The zero-order chi connectivity index (χ0) is 12.7. The van der Waals surface area contributed by atoms with Crippen molar-refractivity contribution in [2.45, 2.75) is 51.0 Å². The van der Waals surface area contributed by atoms with Crippen molar-refractivity contribution >= 4 is 5.91 Å². The van der Waals surface area contributed by atoms with Gasteiger partial charge in [0.05, 0.1) is 6.54 Å². The molecule has 0 heterocycles. The van der Waals surface area contributed by atoms with Gasteiger partial charge >= 0.3 is 0 Å². The van der Waals surface area contributed by atoms with Gasteiger partial charge in [0.2, 0.25) is 5.91 Å². The Morgan fingerprint density at radius 1 is 1.29 bits per heavy atom. The predicted octanol–water partition coefficient (Wildman–Crippen LogP) is 1.11. The Balaban J connectivity index is 2.60. The maximum atomic E-state index is 11.6. The molecular formula is C13H27N3O. The van der Waals surface area contributed by atoms with Gasteiger partial charge < -0.3 is 11.1 Å². The van der Waals surface area contributed by atoms with Crippen LogP contribution in [0.3, 0.4) is 0 Å². The summed E-state index contributed by atoms with van der Waals surface area (Å²) in [6, 6.07) is 0. The van der Waals surface area contributed by atoms with Crippen LogP contribution in [-0.2, 0) is 4.79 Å². The first-order valence-corrected chi connectivity index (χ1v) is 6.82. The second kappa shape index (κ2) is 6.97. The fourth-order valence-electron chi connectivity index (χ4n) is 2.76. The molecule has 1 amide bonds. The van der Waals surface area contributed by atoms with Crippen LogP contribution in [-0.4, -0.2) is 43.0 Å². The SMILES string of the molecule is CCNC(=O)CN(C)C1(CN)CCCCCC1. The molecule has 1 saturated carbocycles. The number of hydrogen-bond acceptors (Lipinski definition) is 3. The summed E-state index contributed by atoms with van der Waals surface area (Å²) in [5.41, 5.74) is 6.03. The van der Waals surface area contributed by atoms with E-state index in [1.807, 2.05) is 14.0 Å². The quantitative estimate of drug-likeness (QED) is 0.709. The molecule has 4 nitrogen and oxygen atoms in total. The molecular weight excluding hydrogens is 214 g/mol. The number of rotatable bonds is 5. The summed E-state index contributed by atoms with van der Waals surface area (Å²) in [5, 5.41) is 2.85. The first kappa shape index (κ1) is 14.5. The highest BCUT2D eigenvalue weighted by molar-refractivity contribution is 5.78. The minimum atomic E-state index is 0.0432. The number of amides is 1. The third-order valence-electron chi connectivity index (χ3n) is 3.98. The van der Waals surface area contributed by atoms with Crippen molar-refractivity contribution in [1.29, 1.82) is 0 Å². The molecule has 0 atom stereocenters. The van der Waals surface area contributed by atoms with Crippen LogP contribution in [0.15, 0.2) is 0 Å². The lowest BCUT2D eigenvalue weighted by molar-refractivity contribution is -0.123. The van der Waals surface area contributed by atoms with Gasteiger partial charge in [0.15, 0.2) is 0 Å². The van der Waals surface area contributed by atoms with Gasteiger partial charge in [0.25, 0.3) is 0 Å². The molecule has 1 aliphatic rings. The molecule has 3 N–H and O–H groups in total. The largest absolute Gasteiger partial charge is 0.355 e. The van der Waals surface area contributed by atoms with E-state index in [1.54, 1.807) is 0 Å². The Bertz CT molecular complexity index is 235. The second-order valence-electron chi connectivity index (χ2n) is 5.15. The summed E-state index contributed by atoms with van der Waals surface area (Å²) in [5.74, 6) is 0.104. The van der Waals surface area contributed by atoms with Crippen LogP contribution in [0.1, 0.15) is 45.4 Å². The van der Waals surface area contributed by atoms with E-state index in [0.717, 1.165) is 12.8 Å². The molecule has 1 rings (SSSR count). The first-order valence-electron chi connectivity index (χ1n) is 6.82. The molecule has 0 bridgehead atoms. The summed E-state index contributed by atoms with van der Waals surface area (Å²) in [6.45, 7) is 3.76. The van der Waals surface area contributed by atoms with Crippen molar-refractivity contribution in [3.8, 4) is 0 Å². The zero-order valence-corrected chi connectivity index (χ0v) is 11.3. The molecule has 17 heavy (non-hydrogen) atoms. The molecule has 100 valence electrons. The molecule has 0 aliphatic heterocycles. The van der Waals surface area contributed by atoms with Gasteiger partial charge in [-0.2, -0.15) is 0 Å². The average Bonchev–Trinajstić information content (AvgIpc) is 2.55. The summed E-state index contributed by atoms with van der Waals surface area (Å²) in [6.07, 6.45) is 7.32. The first-order chi connectivity index (χ1) is 8.14. The Morgan fingerprint density at radius 3 is 2.35 bits per heavy atom. The lowest BCUT2D eigenvalue weighted by Crippen LogP contribution is -2.54. The van der Waals surface area contributed by atoms with Gasteiger partial charge in [-0.1, -0.05) is 25.7 Å². The van der Waals surface area contributed by atoms with E-state index < -0.39 is 0 Å². The Labute approximate surface area is 105 Å². The molecule has 1 fully saturated rings. The van der Waals surface area contributed by atoms with E-state index in [0.29, 0.717) is 19.6 Å². The van der Waals surface area contributed by atoms with Gasteiger partial charge in [0.1, 0.15) is 0 Å². The van der Waals surface area contributed by atoms with Gasteiger partial charge in [-0.15, -0.1) is 0 Å². The lowest BCUT2D eigenvalue weighted by atomic mass is 9.88. The summed E-state index contributed by atoms with van der Waals surface area (Å²) in [7, 11) is 2.04. The van der Waals surface area contributed by atoms with Crippen LogP contribution in [0.4, 0.5) is 0 Å². The summed E-state index contributed by atoms with van der Waals surface area (Å²) >= 11 is 0. The minimum Gasteiger partial charge on any atom is -0.355 e. The van der Waals surface area contributed by atoms with E-state index in [4.69, 9.17) is 5.73 Å². The van der Waals surface area contributed by atoms with Gasteiger partial charge in [-0.3, -0.25) is 9.69 Å². The van der Waals surface area contributed by atoms with Crippen molar-refractivity contribution in [2.24, 2.45) is 5.73 Å². The number of nitrogens with two attached hydrogens (primary N) is 1. The number of nitrogens with one attached hydrogen (secondary N) is 1. The molecule has 0 spiro atoms. The molecule has 0 aromatic heterocycles. The fraction of sp³-hybridized carbons (Fsp3) is 0.923. The third kappa shape index (κ3) is 3.96. The molecule has 0 aromatic carbocycles. The summed E-state index contributed by atoms with van der Waals surface area (Å²) in [4.78, 5) is 13.8. The normalized spacial score (nSPS) is 20.0. The van der Waals surface area contributed by atoms with E-state index in [9.17, 15) is 4.79 Å². The fourth-order valence-corrected chi connectivity index (χ4v) is 2.76. The molecule has 0 saturated heterocycles.